The van der Waals surface area contributed by atoms with E-state index < -0.39 is 11.4 Å². The summed E-state index contributed by atoms with van der Waals surface area (Å²) in [5, 5.41) is 10.4. The van der Waals surface area contributed by atoms with Crippen LogP contribution >= 0.6 is 0 Å². The third-order valence-electron chi connectivity index (χ3n) is 3.90. The molecule has 1 fully saturated rings. The summed E-state index contributed by atoms with van der Waals surface area (Å²) in [5.74, 6) is 0.00809. The van der Waals surface area contributed by atoms with Crippen LogP contribution < -0.4 is 4.74 Å². The number of aliphatic carboxylic acids is 1. The number of ether oxygens (including phenoxy) is 1. The average molecular weight is 245 g/mol. The van der Waals surface area contributed by atoms with E-state index in [4.69, 9.17) is 4.74 Å². The number of carbonyl (C=O) groups is 1. The fraction of sp³-hybridized carbons (Fsp3) is 0.357. The van der Waals surface area contributed by atoms with E-state index in [0.29, 0.717) is 12.8 Å². The topological polar surface area (TPSA) is 51.5 Å². The van der Waals surface area contributed by atoms with Gasteiger partial charge in [0.1, 0.15) is 5.75 Å². The summed E-state index contributed by atoms with van der Waals surface area (Å²) < 4.78 is 7.36. The first-order valence-corrected chi connectivity index (χ1v) is 5.95. The van der Waals surface area contributed by atoms with Gasteiger partial charge in [0.05, 0.1) is 18.0 Å². The predicted octanol–water partition coefficient (Wildman–Crippen LogP) is 2.30. The quantitative estimate of drug-likeness (QED) is 0.902. The first kappa shape index (κ1) is 11.1. The van der Waals surface area contributed by atoms with Crippen LogP contribution in [0.4, 0.5) is 0 Å². The van der Waals surface area contributed by atoms with Crippen LogP contribution in [-0.4, -0.2) is 22.8 Å². The zero-order chi connectivity index (χ0) is 12.9. The highest BCUT2D eigenvalue weighted by Gasteiger charge is 2.52. The van der Waals surface area contributed by atoms with Crippen molar-refractivity contribution in [1.82, 2.24) is 4.57 Å². The molecule has 1 saturated carbocycles. The van der Waals surface area contributed by atoms with Crippen molar-refractivity contribution in [3.05, 3.63) is 30.0 Å². The molecule has 0 atom stereocenters. The third kappa shape index (κ3) is 1.35. The lowest BCUT2D eigenvalue weighted by Gasteiger charge is -2.13. The monoisotopic (exact) mass is 245 g/mol. The second-order valence-corrected chi connectivity index (χ2v) is 4.93. The molecule has 3 rings (SSSR count). The Morgan fingerprint density at radius 2 is 2.17 bits per heavy atom. The lowest BCUT2D eigenvalue weighted by atomic mass is 9.95. The zero-order valence-electron chi connectivity index (χ0n) is 10.4. The van der Waals surface area contributed by atoms with Gasteiger partial charge in [-0.3, -0.25) is 4.79 Å². The number of hydrogen-bond donors (Lipinski definition) is 1. The van der Waals surface area contributed by atoms with Crippen molar-refractivity contribution < 1.29 is 14.6 Å². The molecule has 0 radical (unpaired) electrons. The van der Waals surface area contributed by atoms with E-state index in [-0.39, 0.29) is 0 Å². The molecule has 1 N–H and O–H groups in total. The van der Waals surface area contributed by atoms with Gasteiger partial charge >= 0.3 is 5.97 Å². The van der Waals surface area contributed by atoms with Crippen molar-refractivity contribution in [2.45, 2.75) is 18.3 Å². The number of fused-ring (bicyclic) bond motifs is 1. The molecule has 1 aromatic heterocycles. The number of methoxy groups -OCH3 is 1. The molecule has 0 bridgehead atoms. The van der Waals surface area contributed by atoms with Gasteiger partial charge in [0, 0.05) is 18.6 Å². The van der Waals surface area contributed by atoms with Gasteiger partial charge in [0.15, 0.2) is 0 Å². The molecule has 4 heteroatoms. The van der Waals surface area contributed by atoms with Crippen LogP contribution in [0.25, 0.3) is 10.9 Å². The van der Waals surface area contributed by atoms with E-state index in [0.717, 1.165) is 22.2 Å². The summed E-state index contributed by atoms with van der Waals surface area (Å²) in [6, 6.07) is 5.82. The molecule has 4 nitrogen and oxygen atoms in total. The number of nitrogens with zero attached hydrogens (tertiary/aromatic N) is 1. The third-order valence-corrected chi connectivity index (χ3v) is 3.90. The highest BCUT2D eigenvalue weighted by Crippen LogP contribution is 2.50. The van der Waals surface area contributed by atoms with Gasteiger partial charge in [0.25, 0.3) is 0 Å². The Morgan fingerprint density at radius 1 is 1.44 bits per heavy atom. The van der Waals surface area contributed by atoms with Crippen molar-refractivity contribution in [1.29, 1.82) is 0 Å². The molecule has 0 aliphatic heterocycles. The Kier molecular flexibility index (Phi) is 2.17. The maximum Gasteiger partial charge on any atom is 0.314 e. The van der Waals surface area contributed by atoms with Crippen molar-refractivity contribution in [3.63, 3.8) is 0 Å². The highest BCUT2D eigenvalue weighted by atomic mass is 16.5. The number of rotatable bonds is 3. The summed E-state index contributed by atoms with van der Waals surface area (Å²) >= 11 is 0. The smallest absolute Gasteiger partial charge is 0.314 e. The predicted molar refractivity (Wildman–Crippen MR) is 68.0 cm³/mol. The minimum Gasteiger partial charge on any atom is -0.496 e. The van der Waals surface area contributed by atoms with Gasteiger partial charge in [-0.2, -0.15) is 0 Å². The average Bonchev–Trinajstić information content (AvgIpc) is 3.09. The van der Waals surface area contributed by atoms with Crippen molar-refractivity contribution in [2.24, 2.45) is 7.05 Å². The molecule has 1 heterocycles. The Bertz CT molecular complexity index is 638. The Hall–Kier alpha value is -1.97. The Balaban J connectivity index is 2.25. The van der Waals surface area contributed by atoms with E-state index in [2.05, 4.69) is 0 Å². The number of carboxylic acids is 1. The summed E-state index contributed by atoms with van der Waals surface area (Å²) in [6.45, 7) is 0. The maximum atomic E-state index is 11.4. The second-order valence-electron chi connectivity index (χ2n) is 4.93. The fourth-order valence-corrected chi connectivity index (χ4v) is 2.53. The largest absolute Gasteiger partial charge is 0.496 e. The van der Waals surface area contributed by atoms with Gasteiger partial charge in [-0.1, -0.05) is 0 Å². The number of aryl methyl sites for hydroxylation is 1. The van der Waals surface area contributed by atoms with Crippen molar-refractivity contribution in [2.75, 3.05) is 7.11 Å². The van der Waals surface area contributed by atoms with Crippen molar-refractivity contribution in [3.8, 4) is 5.75 Å². The first-order chi connectivity index (χ1) is 8.58. The minimum atomic E-state index is -0.738. The van der Waals surface area contributed by atoms with Gasteiger partial charge in [-0.15, -0.1) is 0 Å². The van der Waals surface area contributed by atoms with E-state index in [1.165, 1.54) is 0 Å². The van der Waals surface area contributed by atoms with E-state index >= 15 is 0 Å². The summed E-state index contributed by atoms with van der Waals surface area (Å²) in [5.41, 5.74) is 1.17. The lowest BCUT2D eigenvalue weighted by Crippen LogP contribution is -2.19. The minimum absolute atomic E-state index is 0.689. The van der Waals surface area contributed by atoms with Crippen LogP contribution in [0, 0.1) is 0 Å². The van der Waals surface area contributed by atoms with Gasteiger partial charge < -0.3 is 14.4 Å². The summed E-state index contributed by atoms with van der Waals surface area (Å²) in [4.78, 5) is 11.4. The number of hydrogen-bond acceptors (Lipinski definition) is 2. The molecule has 18 heavy (non-hydrogen) atoms. The molecule has 2 aromatic rings. The zero-order valence-corrected chi connectivity index (χ0v) is 10.4. The summed E-state index contributed by atoms with van der Waals surface area (Å²) in [7, 11) is 3.57. The lowest BCUT2D eigenvalue weighted by molar-refractivity contribution is -0.140. The normalized spacial score (nSPS) is 16.8. The van der Waals surface area contributed by atoms with Crippen LogP contribution in [0.5, 0.6) is 5.75 Å². The van der Waals surface area contributed by atoms with E-state index in [1.807, 2.05) is 36.0 Å². The van der Waals surface area contributed by atoms with Crippen LogP contribution in [0.2, 0.25) is 0 Å². The molecule has 0 amide bonds. The molecule has 1 aliphatic carbocycles. The van der Waals surface area contributed by atoms with Gasteiger partial charge in [-0.25, -0.2) is 0 Å². The molecular weight excluding hydrogens is 230 g/mol. The van der Waals surface area contributed by atoms with E-state index in [9.17, 15) is 9.90 Å². The van der Waals surface area contributed by atoms with Crippen LogP contribution in [-0.2, 0) is 17.3 Å². The number of benzene rings is 1. The van der Waals surface area contributed by atoms with Crippen LogP contribution in [0.1, 0.15) is 18.4 Å². The molecule has 0 unspecified atom stereocenters. The molecule has 1 aromatic carbocycles. The van der Waals surface area contributed by atoms with Crippen molar-refractivity contribution >= 4 is 16.9 Å². The Morgan fingerprint density at radius 3 is 2.72 bits per heavy atom. The maximum absolute atomic E-state index is 11.4. The Labute approximate surface area is 105 Å². The van der Waals surface area contributed by atoms with E-state index in [1.54, 1.807) is 7.11 Å². The molecule has 1 aliphatic rings. The number of aromatic nitrogens is 1. The standard InChI is InChI=1S/C14H15NO3/c1-15-6-3-10-11(15)7-9(8-12(10)18-2)14(4-5-14)13(16)17/h3,6-8H,4-5H2,1-2H3,(H,16,17). The van der Waals surface area contributed by atoms with Gasteiger partial charge in [0.2, 0.25) is 0 Å². The molecule has 0 saturated heterocycles. The highest BCUT2D eigenvalue weighted by molar-refractivity contribution is 5.91. The number of carboxylic acid groups (broad SMARTS) is 1. The molecule has 0 spiro atoms. The molecular formula is C14H15NO3. The fourth-order valence-electron chi connectivity index (χ4n) is 2.53. The SMILES string of the molecule is COc1cc(C2(C(=O)O)CC2)cc2c1ccn2C. The van der Waals surface area contributed by atoms with Gasteiger partial charge in [-0.05, 0) is 36.6 Å². The second kappa shape index (κ2) is 3.51. The summed E-state index contributed by atoms with van der Waals surface area (Å²) in [6.07, 6.45) is 3.38. The molecule has 94 valence electrons. The van der Waals surface area contributed by atoms with Crippen LogP contribution in [0.15, 0.2) is 24.4 Å². The first-order valence-electron chi connectivity index (χ1n) is 5.95. The van der Waals surface area contributed by atoms with Crippen LogP contribution in [0.3, 0.4) is 0 Å².